The number of anilines is 2. The lowest BCUT2D eigenvalue weighted by Crippen LogP contribution is -2.31. The summed E-state index contributed by atoms with van der Waals surface area (Å²) >= 11 is 0. The zero-order chi connectivity index (χ0) is 14.4. The highest BCUT2D eigenvalue weighted by atomic mass is 16.2. The van der Waals surface area contributed by atoms with Crippen molar-refractivity contribution in [2.75, 3.05) is 17.6 Å². The molecule has 6 N–H and O–H groups in total. The second-order valence-corrected chi connectivity index (χ2v) is 4.40. The van der Waals surface area contributed by atoms with E-state index >= 15 is 0 Å². The number of carbonyl (C=O) groups excluding carboxylic acids is 2. The summed E-state index contributed by atoms with van der Waals surface area (Å²) in [4.78, 5) is 26.4. The van der Waals surface area contributed by atoms with Crippen molar-refractivity contribution >= 4 is 23.3 Å². The van der Waals surface area contributed by atoms with E-state index in [1.807, 2.05) is 13.8 Å². The molecule has 0 atom stereocenters. The fraction of sp³-hybridized carbons (Fsp3) is 0.417. The third-order valence-electron chi connectivity index (χ3n) is 2.27. The standard InChI is InChI=1S/C12H19N5O2/c1-7(2)16-10(18)5-6-15-12-8(13)3-4-9(17-12)11(14)19/h3-4,7H,5-6,13H2,1-2H3,(H2,14,19)(H,15,17)(H,16,18). The van der Waals surface area contributed by atoms with Crippen LogP contribution in [-0.4, -0.2) is 29.4 Å². The van der Waals surface area contributed by atoms with Gasteiger partial charge < -0.3 is 22.1 Å². The molecule has 1 rings (SSSR count). The van der Waals surface area contributed by atoms with Gasteiger partial charge in [0.1, 0.15) is 11.5 Å². The second-order valence-electron chi connectivity index (χ2n) is 4.40. The van der Waals surface area contributed by atoms with Gasteiger partial charge in [-0.2, -0.15) is 0 Å². The summed E-state index contributed by atoms with van der Waals surface area (Å²) in [5.41, 5.74) is 11.4. The first kappa shape index (κ1) is 14.7. The van der Waals surface area contributed by atoms with Crippen LogP contribution in [0.2, 0.25) is 0 Å². The van der Waals surface area contributed by atoms with Gasteiger partial charge in [0.15, 0.2) is 0 Å². The van der Waals surface area contributed by atoms with Gasteiger partial charge in [-0.05, 0) is 26.0 Å². The smallest absolute Gasteiger partial charge is 0.267 e. The number of nitrogens with zero attached hydrogens (tertiary/aromatic N) is 1. The molecule has 0 aliphatic carbocycles. The monoisotopic (exact) mass is 265 g/mol. The zero-order valence-electron chi connectivity index (χ0n) is 11.1. The Kier molecular flexibility index (Phi) is 5.11. The number of hydrogen-bond acceptors (Lipinski definition) is 5. The van der Waals surface area contributed by atoms with E-state index in [4.69, 9.17) is 11.5 Å². The quantitative estimate of drug-likeness (QED) is 0.580. The van der Waals surface area contributed by atoms with E-state index in [9.17, 15) is 9.59 Å². The molecule has 7 heteroatoms. The van der Waals surface area contributed by atoms with E-state index in [-0.39, 0.29) is 17.6 Å². The van der Waals surface area contributed by atoms with Crippen LogP contribution < -0.4 is 22.1 Å². The number of aromatic nitrogens is 1. The highest BCUT2D eigenvalue weighted by Crippen LogP contribution is 2.15. The van der Waals surface area contributed by atoms with Crippen LogP contribution in [0.1, 0.15) is 30.8 Å². The molecule has 2 amide bonds. The number of primary amides is 1. The summed E-state index contributed by atoms with van der Waals surface area (Å²) < 4.78 is 0. The summed E-state index contributed by atoms with van der Waals surface area (Å²) in [5, 5.41) is 5.68. The molecule has 0 spiro atoms. The van der Waals surface area contributed by atoms with Crippen molar-refractivity contribution in [1.29, 1.82) is 0 Å². The molecule has 0 saturated heterocycles. The van der Waals surface area contributed by atoms with Gasteiger partial charge in [-0.3, -0.25) is 9.59 Å². The SMILES string of the molecule is CC(C)NC(=O)CCNc1nc(C(N)=O)ccc1N. The zero-order valence-corrected chi connectivity index (χ0v) is 11.1. The third kappa shape index (κ3) is 4.82. The van der Waals surface area contributed by atoms with E-state index in [2.05, 4.69) is 15.6 Å². The molecule has 7 nitrogen and oxygen atoms in total. The fourth-order valence-corrected chi connectivity index (χ4v) is 1.44. The first-order valence-electron chi connectivity index (χ1n) is 5.99. The predicted molar refractivity (Wildman–Crippen MR) is 73.6 cm³/mol. The van der Waals surface area contributed by atoms with Gasteiger partial charge in [-0.1, -0.05) is 0 Å². The van der Waals surface area contributed by atoms with Crippen LogP contribution in [0.3, 0.4) is 0 Å². The van der Waals surface area contributed by atoms with Crippen LogP contribution in [-0.2, 0) is 4.79 Å². The van der Waals surface area contributed by atoms with Gasteiger partial charge in [0.25, 0.3) is 5.91 Å². The maximum atomic E-state index is 11.4. The van der Waals surface area contributed by atoms with Gasteiger partial charge >= 0.3 is 0 Å². The van der Waals surface area contributed by atoms with Gasteiger partial charge in [-0.25, -0.2) is 4.98 Å². The Morgan fingerprint density at radius 3 is 2.63 bits per heavy atom. The molecule has 0 radical (unpaired) electrons. The molecule has 0 bridgehead atoms. The van der Waals surface area contributed by atoms with Crippen molar-refractivity contribution in [2.45, 2.75) is 26.3 Å². The third-order valence-corrected chi connectivity index (χ3v) is 2.27. The highest BCUT2D eigenvalue weighted by molar-refractivity contribution is 5.91. The highest BCUT2D eigenvalue weighted by Gasteiger charge is 2.08. The van der Waals surface area contributed by atoms with Gasteiger partial charge in [-0.15, -0.1) is 0 Å². The lowest BCUT2D eigenvalue weighted by Gasteiger charge is -2.10. The Hall–Kier alpha value is -2.31. The Balaban J connectivity index is 2.55. The van der Waals surface area contributed by atoms with Gasteiger partial charge in [0.05, 0.1) is 5.69 Å². The average molecular weight is 265 g/mol. The molecule has 0 aliphatic heterocycles. The predicted octanol–water partition coefficient (Wildman–Crippen LogP) is 0.0893. The van der Waals surface area contributed by atoms with Crippen molar-refractivity contribution in [3.63, 3.8) is 0 Å². The largest absolute Gasteiger partial charge is 0.396 e. The summed E-state index contributed by atoms with van der Waals surface area (Å²) in [6.45, 7) is 4.15. The van der Waals surface area contributed by atoms with Crippen molar-refractivity contribution in [3.8, 4) is 0 Å². The van der Waals surface area contributed by atoms with Crippen molar-refractivity contribution in [1.82, 2.24) is 10.3 Å². The minimum atomic E-state index is -0.624. The molecule has 104 valence electrons. The van der Waals surface area contributed by atoms with Gasteiger partial charge in [0.2, 0.25) is 5.91 Å². The summed E-state index contributed by atoms with van der Waals surface area (Å²) in [6.07, 6.45) is 0.292. The molecular formula is C12H19N5O2. The van der Waals surface area contributed by atoms with E-state index in [0.29, 0.717) is 24.5 Å². The first-order chi connectivity index (χ1) is 8.90. The van der Waals surface area contributed by atoms with Crippen LogP contribution in [0.25, 0.3) is 0 Å². The molecular weight excluding hydrogens is 246 g/mol. The minimum Gasteiger partial charge on any atom is -0.396 e. The molecule has 19 heavy (non-hydrogen) atoms. The Bertz CT molecular complexity index is 473. The first-order valence-corrected chi connectivity index (χ1v) is 5.99. The van der Waals surface area contributed by atoms with Crippen LogP contribution >= 0.6 is 0 Å². The molecule has 1 aromatic rings. The van der Waals surface area contributed by atoms with E-state index in [1.165, 1.54) is 6.07 Å². The average Bonchev–Trinajstić information content (AvgIpc) is 2.30. The topological polar surface area (TPSA) is 123 Å². The van der Waals surface area contributed by atoms with Crippen molar-refractivity contribution in [2.24, 2.45) is 5.73 Å². The Labute approximate surface area is 111 Å². The molecule has 0 fully saturated rings. The van der Waals surface area contributed by atoms with Crippen LogP contribution in [0.5, 0.6) is 0 Å². The van der Waals surface area contributed by atoms with E-state index in [0.717, 1.165) is 0 Å². The van der Waals surface area contributed by atoms with Crippen LogP contribution in [0, 0.1) is 0 Å². The lowest BCUT2D eigenvalue weighted by atomic mass is 10.3. The van der Waals surface area contributed by atoms with Crippen LogP contribution in [0.15, 0.2) is 12.1 Å². The van der Waals surface area contributed by atoms with Gasteiger partial charge in [0, 0.05) is 19.0 Å². The molecule has 1 heterocycles. The minimum absolute atomic E-state index is 0.0628. The number of amides is 2. The summed E-state index contributed by atoms with van der Waals surface area (Å²) in [6, 6.07) is 3.10. The lowest BCUT2D eigenvalue weighted by molar-refractivity contribution is -0.121. The maximum absolute atomic E-state index is 11.4. The number of rotatable bonds is 6. The number of nitrogens with two attached hydrogens (primary N) is 2. The second kappa shape index (κ2) is 6.58. The molecule has 0 aliphatic rings. The normalized spacial score (nSPS) is 10.3. The Morgan fingerprint density at radius 2 is 2.05 bits per heavy atom. The number of hydrogen-bond donors (Lipinski definition) is 4. The summed E-state index contributed by atoms with van der Waals surface area (Å²) in [5.74, 6) is -0.332. The molecule has 0 unspecified atom stereocenters. The number of pyridine rings is 1. The maximum Gasteiger partial charge on any atom is 0.267 e. The molecule has 0 saturated carbocycles. The molecule has 0 aromatic carbocycles. The van der Waals surface area contributed by atoms with Crippen LogP contribution in [0.4, 0.5) is 11.5 Å². The van der Waals surface area contributed by atoms with Crippen molar-refractivity contribution in [3.05, 3.63) is 17.8 Å². The number of carbonyl (C=O) groups is 2. The van der Waals surface area contributed by atoms with E-state index < -0.39 is 5.91 Å². The Morgan fingerprint density at radius 1 is 1.37 bits per heavy atom. The number of nitrogens with one attached hydrogen (secondary N) is 2. The van der Waals surface area contributed by atoms with E-state index in [1.54, 1.807) is 6.07 Å². The molecule has 1 aromatic heterocycles. The fourth-order valence-electron chi connectivity index (χ4n) is 1.44. The summed E-state index contributed by atoms with van der Waals surface area (Å²) in [7, 11) is 0. The number of nitrogen functional groups attached to an aromatic ring is 1. The van der Waals surface area contributed by atoms with Crippen molar-refractivity contribution < 1.29 is 9.59 Å².